The van der Waals surface area contributed by atoms with Crippen molar-refractivity contribution in [1.29, 1.82) is 0 Å². The van der Waals surface area contributed by atoms with Gasteiger partial charge in [0, 0.05) is 11.6 Å². The number of nitrogens with zero attached hydrogens (tertiary/aromatic N) is 1. The summed E-state index contributed by atoms with van der Waals surface area (Å²) in [5.74, 6) is 0.811. The molecule has 0 aliphatic rings. The second kappa shape index (κ2) is 5.31. The molecule has 2 N–H and O–H groups in total. The third-order valence-corrected chi connectivity index (χ3v) is 3.45. The molecule has 0 spiro atoms. The van der Waals surface area contributed by atoms with Crippen molar-refractivity contribution < 1.29 is 4.74 Å². The van der Waals surface area contributed by atoms with Gasteiger partial charge in [-0.25, -0.2) is 0 Å². The summed E-state index contributed by atoms with van der Waals surface area (Å²) in [6.07, 6.45) is 1.80. The lowest BCUT2D eigenvalue weighted by Gasteiger charge is -2.15. The van der Waals surface area contributed by atoms with Crippen molar-refractivity contribution in [3.63, 3.8) is 0 Å². The Morgan fingerprint density at radius 3 is 2.70 bits per heavy atom. The molecule has 2 aromatic carbocycles. The van der Waals surface area contributed by atoms with Crippen LogP contribution in [-0.2, 0) is 0 Å². The molecule has 20 heavy (non-hydrogen) atoms. The molecule has 1 aromatic heterocycles. The predicted molar refractivity (Wildman–Crippen MR) is 80.8 cm³/mol. The molecule has 0 saturated heterocycles. The van der Waals surface area contributed by atoms with E-state index in [2.05, 4.69) is 4.98 Å². The number of hydrogen-bond donors (Lipinski definition) is 1. The highest BCUT2D eigenvalue weighted by Gasteiger charge is 2.13. The molecule has 0 aliphatic heterocycles. The molecule has 1 heterocycles. The van der Waals surface area contributed by atoms with E-state index in [0.717, 1.165) is 27.8 Å². The summed E-state index contributed by atoms with van der Waals surface area (Å²) in [6, 6.07) is 17.7. The Morgan fingerprint density at radius 1 is 1.05 bits per heavy atom. The van der Waals surface area contributed by atoms with Crippen LogP contribution >= 0.6 is 0 Å². The Bertz CT molecular complexity index is 734. The minimum Gasteiger partial charge on any atom is -0.497 e. The molecule has 100 valence electrons. The number of fused-ring (bicyclic) bond motifs is 1. The first-order valence-electron chi connectivity index (χ1n) is 6.53. The van der Waals surface area contributed by atoms with Gasteiger partial charge in [0.1, 0.15) is 5.75 Å². The highest BCUT2D eigenvalue weighted by atomic mass is 16.5. The molecule has 3 nitrogen and oxygen atoms in total. The average molecular weight is 264 g/mol. The number of ether oxygens (including phenoxy) is 1. The largest absolute Gasteiger partial charge is 0.497 e. The van der Waals surface area contributed by atoms with E-state index >= 15 is 0 Å². The van der Waals surface area contributed by atoms with Gasteiger partial charge in [0.2, 0.25) is 0 Å². The topological polar surface area (TPSA) is 48.1 Å². The third-order valence-electron chi connectivity index (χ3n) is 3.45. The highest BCUT2D eigenvalue weighted by Crippen LogP contribution is 2.27. The van der Waals surface area contributed by atoms with Gasteiger partial charge < -0.3 is 10.5 Å². The lowest BCUT2D eigenvalue weighted by Crippen LogP contribution is -2.12. The SMILES string of the molecule is COc1cccc(C(N)c2cccc3cccnc23)c1. The van der Waals surface area contributed by atoms with Gasteiger partial charge in [-0.15, -0.1) is 0 Å². The van der Waals surface area contributed by atoms with Crippen LogP contribution in [-0.4, -0.2) is 12.1 Å². The highest BCUT2D eigenvalue weighted by molar-refractivity contribution is 5.82. The summed E-state index contributed by atoms with van der Waals surface area (Å²) in [5, 5.41) is 1.10. The van der Waals surface area contributed by atoms with Crippen LogP contribution < -0.4 is 10.5 Å². The van der Waals surface area contributed by atoms with E-state index in [0.29, 0.717) is 0 Å². The summed E-state index contributed by atoms with van der Waals surface area (Å²) >= 11 is 0. The van der Waals surface area contributed by atoms with Crippen LogP contribution in [0.1, 0.15) is 17.2 Å². The maximum absolute atomic E-state index is 6.41. The van der Waals surface area contributed by atoms with Gasteiger partial charge in [-0.1, -0.05) is 36.4 Å². The van der Waals surface area contributed by atoms with Gasteiger partial charge >= 0.3 is 0 Å². The predicted octanol–water partition coefficient (Wildman–Crippen LogP) is 3.29. The maximum Gasteiger partial charge on any atom is 0.119 e. The standard InChI is InChI=1S/C17H16N2O/c1-20-14-8-2-6-13(11-14)16(18)15-9-3-5-12-7-4-10-19-17(12)15/h2-11,16H,18H2,1H3. The normalized spacial score (nSPS) is 12.3. The van der Waals surface area contributed by atoms with Crippen LogP contribution in [0.3, 0.4) is 0 Å². The molecular weight excluding hydrogens is 248 g/mol. The Kier molecular flexibility index (Phi) is 3.35. The second-order valence-electron chi connectivity index (χ2n) is 4.68. The summed E-state index contributed by atoms with van der Waals surface area (Å²) in [7, 11) is 1.66. The minimum atomic E-state index is -0.219. The average Bonchev–Trinajstić information content (AvgIpc) is 2.53. The smallest absolute Gasteiger partial charge is 0.119 e. The monoisotopic (exact) mass is 264 g/mol. The fourth-order valence-electron chi connectivity index (χ4n) is 2.39. The first-order valence-corrected chi connectivity index (χ1v) is 6.53. The Labute approximate surface area is 118 Å². The van der Waals surface area contributed by atoms with Gasteiger partial charge in [0.05, 0.1) is 18.7 Å². The van der Waals surface area contributed by atoms with E-state index < -0.39 is 0 Å². The number of para-hydroxylation sites is 1. The van der Waals surface area contributed by atoms with Crippen molar-refractivity contribution in [3.05, 3.63) is 71.9 Å². The first-order chi connectivity index (χ1) is 9.79. The van der Waals surface area contributed by atoms with Crippen molar-refractivity contribution in [2.24, 2.45) is 5.73 Å². The van der Waals surface area contributed by atoms with Gasteiger partial charge in [0.25, 0.3) is 0 Å². The number of nitrogens with two attached hydrogens (primary N) is 1. The summed E-state index contributed by atoms with van der Waals surface area (Å²) in [5.41, 5.74) is 9.40. The molecule has 1 atom stereocenters. The molecular formula is C17H16N2O. The molecule has 0 fully saturated rings. The molecule has 0 amide bonds. The lowest BCUT2D eigenvalue weighted by molar-refractivity contribution is 0.414. The fourth-order valence-corrected chi connectivity index (χ4v) is 2.39. The Hall–Kier alpha value is -2.39. The van der Waals surface area contributed by atoms with Gasteiger partial charge in [-0.05, 0) is 29.3 Å². The van der Waals surface area contributed by atoms with E-state index in [4.69, 9.17) is 10.5 Å². The Morgan fingerprint density at radius 2 is 1.85 bits per heavy atom. The molecule has 1 unspecified atom stereocenters. The van der Waals surface area contributed by atoms with Crippen LogP contribution in [0.5, 0.6) is 5.75 Å². The number of rotatable bonds is 3. The van der Waals surface area contributed by atoms with E-state index in [1.165, 1.54) is 0 Å². The van der Waals surface area contributed by atoms with Crippen molar-refractivity contribution in [1.82, 2.24) is 4.98 Å². The maximum atomic E-state index is 6.41. The molecule has 0 bridgehead atoms. The summed E-state index contributed by atoms with van der Waals surface area (Å²) in [4.78, 5) is 4.46. The van der Waals surface area contributed by atoms with E-state index in [1.54, 1.807) is 13.3 Å². The van der Waals surface area contributed by atoms with Crippen LogP contribution in [0, 0.1) is 0 Å². The summed E-state index contributed by atoms with van der Waals surface area (Å²) < 4.78 is 5.26. The van der Waals surface area contributed by atoms with Crippen molar-refractivity contribution >= 4 is 10.9 Å². The number of aromatic nitrogens is 1. The second-order valence-corrected chi connectivity index (χ2v) is 4.68. The number of methoxy groups -OCH3 is 1. The van der Waals surface area contributed by atoms with Gasteiger partial charge in [0.15, 0.2) is 0 Å². The quantitative estimate of drug-likeness (QED) is 0.789. The number of hydrogen-bond acceptors (Lipinski definition) is 3. The number of benzene rings is 2. The minimum absolute atomic E-state index is 0.219. The van der Waals surface area contributed by atoms with E-state index in [-0.39, 0.29) is 6.04 Å². The van der Waals surface area contributed by atoms with Crippen LogP contribution in [0.2, 0.25) is 0 Å². The molecule has 0 aliphatic carbocycles. The van der Waals surface area contributed by atoms with Gasteiger partial charge in [-0.3, -0.25) is 4.98 Å². The van der Waals surface area contributed by atoms with Crippen molar-refractivity contribution in [3.8, 4) is 5.75 Å². The number of pyridine rings is 1. The molecule has 3 heteroatoms. The van der Waals surface area contributed by atoms with Crippen molar-refractivity contribution in [2.75, 3.05) is 7.11 Å². The van der Waals surface area contributed by atoms with Gasteiger partial charge in [-0.2, -0.15) is 0 Å². The summed E-state index contributed by atoms with van der Waals surface area (Å²) in [6.45, 7) is 0. The lowest BCUT2D eigenvalue weighted by atomic mass is 9.97. The zero-order valence-corrected chi connectivity index (χ0v) is 11.3. The Balaban J connectivity index is 2.10. The van der Waals surface area contributed by atoms with E-state index in [1.807, 2.05) is 54.6 Å². The van der Waals surface area contributed by atoms with Crippen LogP contribution in [0.25, 0.3) is 10.9 Å². The fraction of sp³-hybridized carbons (Fsp3) is 0.118. The zero-order valence-electron chi connectivity index (χ0n) is 11.3. The third kappa shape index (κ3) is 2.24. The van der Waals surface area contributed by atoms with Crippen LogP contribution in [0.15, 0.2) is 60.8 Å². The first kappa shape index (κ1) is 12.6. The molecule has 3 aromatic rings. The molecule has 0 radical (unpaired) electrons. The zero-order chi connectivity index (χ0) is 13.9. The van der Waals surface area contributed by atoms with E-state index in [9.17, 15) is 0 Å². The van der Waals surface area contributed by atoms with Crippen molar-refractivity contribution in [2.45, 2.75) is 6.04 Å². The molecule has 0 saturated carbocycles. The molecule has 3 rings (SSSR count). The van der Waals surface area contributed by atoms with Crippen LogP contribution in [0.4, 0.5) is 0 Å².